The van der Waals surface area contributed by atoms with Crippen molar-refractivity contribution in [2.45, 2.75) is 32.8 Å². The first-order valence-electron chi connectivity index (χ1n) is 4.38. The first-order chi connectivity index (χ1) is 5.92. The van der Waals surface area contributed by atoms with Gasteiger partial charge in [0.15, 0.2) is 0 Å². The van der Waals surface area contributed by atoms with Gasteiger partial charge >= 0.3 is 0 Å². The number of hydrogen-bond acceptors (Lipinski definition) is 2. The molecule has 1 atom stereocenters. The third kappa shape index (κ3) is 2.97. The summed E-state index contributed by atoms with van der Waals surface area (Å²) in [5, 5.41) is 10.0. The van der Waals surface area contributed by atoms with Gasteiger partial charge in [-0.25, -0.2) is 0 Å². The summed E-state index contributed by atoms with van der Waals surface area (Å²) in [6.45, 7) is 5.91. The average molecular weight is 219 g/mol. The Morgan fingerprint density at radius 3 is 2.54 bits per heavy atom. The SMILES string of the molecule is CC(C)C(C)(O)Cc1ccc(Cl)s1. The molecule has 74 valence electrons. The summed E-state index contributed by atoms with van der Waals surface area (Å²) in [4.78, 5) is 1.14. The summed E-state index contributed by atoms with van der Waals surface area (Å²) in [6.07, 6.45) is 0.683. The molecule has 0 radical (unpaired) electrons. The van der Waals surface area contributed by atoms with Gasteiger partial charge in [-0.1, -0.05) is 25.4 Å². The quantitative estimate of drug-likeness (QED) is 0.825. The lowest BCUT2D eigenvalue weighted by molar-refractivity contribution is 0.0147. The molecule has 0 aliphatic rings. The van der Waals surface area contributed by atoms with Crippen molar-refractivity contribution in [3.8, 4) is 0 Å². The zero-order valence-electron chi connectivity index (χ0n) is 8.17. The highest BCUT2D eigenvalue weighted by Crippen LogP contribution is 2.28. The van der Waals surface area contributed by atoms with E-state index in [1.165, 1.54) is 11.3 Å². The molecule has 1 aromatic heterocycles. The van der Waals surface area contributed by atoms with E-state index in [4.69, 9.17) is 11.6 Å². The molecular formula is C10H15ClOS. The monoisotopic (exact) mass is 218 g/mol. The molecule has 1 heterocycles. The summed E-state index contributed by atoms with van der Waals surface area (Å²) in [7, 11) is 0. The third-order valence-corrected chi connectivity index (χ3v) is 3.64. The molecule has 0 aliphatic heterocycles. The van der Waals surface area contributed by atoms with Crippen molar-refractivity contribution in [3.05, 3.63) is 21.3 Å². The molecule has 0 amide bonds. The Morgan fingerprint density at radius 1 is 1.54 bits per heavy atom. The molecule has 0 aliphatic carbocycles. The van der Waals surface area contributed by atoms with E-state index in [1.807, 2.05) is 32.9 Å². The molecule has 0 saturated carbocycles. The topological polar surface area (TPSA) is 20.2 Å². The second kappa shape index (κ2) is 3.99. The minimum atomic E-state index is -0.631. The van der Waals surface area contributed by atoms with Gasteiger partial charge in [-0.05, 0) is 25.0 Å². The smallest absolute Gasteiger partial charge is 0.0931 e. The minimum Gasteiger partial charge on any atom is -0.390 e. The molecule has 0 spiro atoms. The lowest BCUT2D eigenvalue weighted by Crippen LogP contribution is -2.33. The van der Waals surface area contributed by atoms with Crippen LogP contribution >= 0.6 is 22.9 Å². The van der Waals surface area contributed by atoms with Gasteiger partial charge in [0.05, 0.1) is 9.94 Å². The molecule has 0 fully saturated rings. The summed E-state index contributed by atoms with van der Waals surface area (Å²) in [6, 6.07) is 3.85. The van der Waals surface area contributed by atoms with Crippen LogP contribution < -0.4 is 0 Å². The summed E-state index contributed by atoms with van der Waals surface area (Å²) >= 11 is 7.34. The predicted octanol–water partition coefficient (Wildman–Crippen LogP) is 3.35. The zero-order valence-corrected chi connectivity index (χ0v) is 9.75. The number of rotatable bonds is 3. The van der Waals surface area contributed by atoms with Crippen LogP contribution in [0.25, 0.3) is 0 Å². The van der Waals surface area contributed by atoms with E-state index >= 15 is 0 Å². The van der Waals surface area contributed by atoms with Gasteiger partial charge in [0.2, 0.25) is 0 Å². The average Bonchev–Trinajstić information content (AvgIpc) is 2.34. The van der Waals surface area contributed by atoms with Crippen LogP contribution in [0.1, 0.15) is 25.6 Å². The van der Waals surface area contributed by atoms with Gasteiger partial charge in [0, 0.05) is 11.3 Å². The summed E-state index contributed by atoms with van der Waals surface area (Å²) in [5.41, 5.74) is -0.631. The highest BCUT2D eigenvalue weighted by Gasteiger charge is 2.25. The second-order valence-corrected chi connectivity index (χ2v) is 5.69. The van der Waals surface area contributed by atoms with Crippen LogP contribution in [0.2, 0.25) is 4.34 Å². The molecule has 1 aromatic rings. The van der Waals surface area contributed by atoms with E-state index in [1.54, 1.807) is 0 Å². The fourth-order valence-electron chi connectivity index (χ4n) is 1.00. The Labute approximate surface area is 88.4 Å². The standard InChI is InChI=1S/C10H15ClOS/c1-7(2)10(3,12)6-8-4-5-9(11)13-8/h4-5,7,12H,6H2,1-3H3. The Morgan fingerprint density at radius 2 is 2.15 bits per heavy atom. The fraction of sp³-hybridized carbons (Fsp3) is 0.600. The molecule has 0 aromatic carbocycles. The van der Waals surface area contributed by atoms with Gasteiger partial charge < -0.3 is 5.11 Å². The molecular weight excluding hydrogens is 204 g/mol. The van der Waals surface area contributed by atoms with Crippen LogP contribution in [0.4, 0.5) is 0 Å². The van der Waals surface area contributed by atoms with Gasteiger partial charge in [0.25, 0.3) is 0 Å². The van der Waals surface area contributed by atoms with E-state index in [0.717, 1.165) is 9.21 Å². The molecule has 3 heteroatoms. The lowest BCUT2D eigenvalue weighted by Gasteiger charge is -2.26. The first kappa shape index (κ1) is 11.0. The first-order valence-corrected chi connectivity index (χ1v) is 5.58. The van der Waals surface area contributed by atoms with Crippen molar-refractivity contribution in [2.24, 2.45) is 5.92 Å². The van der Waals surface area contributed by atoms with Crippen molar-refractivity contribution in [3.63, 3.8) is 0 Å². The highest BCUT2D eigenvalue weighted by molar-refractivity contribution is 7.16. The van der Waals surface area contributed by atoms with Gasteiger partial charge in [-0.2, -0.15) is 0 Å². The highest BCUT2D eigenvalue weighted by atomic mass is 35.5. The van der Waals surface area contributed by atoms with Crippen LogP contribution in [0, 0.1) is 5.92 Å². The molecule has 1 nitrogen and oxygen atoms in total. The Kier molecular flexibility index (Phi) is 3.38. The second-order valence-electron chi connectivity index (χ2n) is 3.89. The van der Waals surface area contributed by atoms with Crippen LogP contribution in [0.5, 0.6) is 0 Å². The molecule has 13 heavy (non-hydrogen) atoms. The Balaban J connectivity index is 2.68. The van der Waals surface area contributed by atoms with Crippen LogP contribution in [0.15, 0.2) is 12.1 Å². The van der Waals surface area contributed by atoms with Crippen molar-refractivity contribution >= 4 is 22.9 Å². The van der Waals surface area contributed by atoms with E-state index in [2.05, 4.69) is 0 Å². The number of aliphatic hydroxyl groups is 1. The molecule has 1 unspecified atom stereocenters. The molecule has 1 rings (SSSR count). The maximum atomic E-state index is 10.0. The fourth-order valence-corrected chi connectivity index (χ4v) is 2.25. The number of hydrogen-bond donors (Lipinski definition) is 1. The van der Waals surface area contributed by atoms with E-state index in [0.29, 0.717) is 6.42 Å². The number of thiophene rings is 1. The summed E-state index contributed by atoms with van der Waals surface area (Å²) < 4.78 is 0.787. The van der Waals surface area contributed by atoms with E-state index < -0.39 is 5.60 Å². The molecule has 0 saturated heterocycles. The Hall–Kier alpha value is -0.0500. The normalized spacial score (nSPS) is 16.2. The van der Waals surface area contributed by atoms with Crippen LogP contribution in [-0.2, 0) is 6.42 Å². The maximum absolute atomic E-state index is 10.0. The van der Waals surface area contributed by atoms with E-state index in [9.17, 15) is 5.11 Å². The van der Waals surface area contributed by atoms with Gasteiger partial charge in [-0.3, -0.25) is 0 Å². The maximum Gasteiger partial charge on any atom is 0.0931 e. The van der Waals surface area contributed by atoms with Crippen LogP contribution in [-0.4, -0.2) is 10.7 Å². The number of halogens is 1. The molecule has 0 bridgehead atoms. The molecule has 1 N–H and O–H groups in total. The van der Waals surface area contributed by atoms with Crippen molar-refractivity contribution in [1.29, 1.82) is 0 Å². The Bertz CT molecular complexity index is 278. The predicted molar refractivity (Wildman–Crippen MR) is 58.5 cm³/mol. The summed E-state index contributed by atoms with van der Waals surface area (Å²) in [5.74, 6) is 0.258. The zero-order chi connectivity index (χ0) is 10.1. The van der Waals surface area contributed by atoms with E-state index in [-0.39, 0.29) is 5.92 Å². The van der Waals surface area contributed by atoms with Crippen molar-refractivity contribution in [1.82, 2.24) is 0 Å². The van der Waals surface area contributed by atoms with Gasteiger partial charge in [0.1, 0.15) is 0 Å². The third-order valence-electron chi connectivity index (χ3n) is 2.40. The lowest BCUT2D eigenvalue weighted by atomic mass is 9.89. The van der Waals surface area contributed by atoms with Crippen LogP contribution in [0.3, 0.4) is 0 Å². The minimum absolute atomic E-state index is 0.258. The van der Waals surface area contributed by atoms with Crippen molar-refractivity contribution in [2.75, 3.05) is 0 Å². The van der Waals surface area contributed by atoms with Gasteiger partial charge in [-0.15, -0.1) is 11.3 Å². The van der Waals surface area contributed by atoms with Crippen molar-refractivity contribution < 1.29 is 5.11 Å². The largest absolute Gasteiger partial charge is 0.390 e.